The molecule has 0 spiro atoms. The molecule has 0 aliphatic rings. The number of rotatable bonds is 6. The number of aromatic nitrogens is 4. The van der Waals surface area contributed by atoms with Crippen molar-refractivity contribution < 1.29 is 4.79 Å². The molecule has 1 atom stereocenters. The van der Waals surface area contributed by atoms with Crippen molar-refractivity contribution in [2.24, 2.45) is 11.7 Å². The highest BCUT2D eigenvalue weighted by Gasteiger charge is 2.11. The highest BCUT2D eigenvalue weighted by Crippen LogP contribution is 2.19. The summed E-state index contributed by atoms with van der Waals surface area (Å²) in [6.45, 7) is 4.52. The summed E-state index contributed by atoms with van der Waals surface area (Å²) in [5.41, 5.74) is 8.21. The lowest BCUT2D eigenvalue weighted by Crippen LogP contribution is -2.21. The van der Waals surface area contributed by atoms with E-state index in [1.54, 1.807) is 4.68 Å². The number of hydrogen-bond donors (Lipinski definition) is 2. The fourth-order valence-electron chi connectivity index (χ4n) is 2.07. The Morgan fingerprint density at radius 1 is 1.48 bits per heavy atom. The first-order valence-corrected chi connectivity index (χ1v) is 6.98. The van der Waals surface area contributed by atoms with Gasteiger partial charge in [-0.3, -0.25) is 4.79 Å². The number of nitrogens with one attached hydrogen (secondary N) is 1. The maximum Gasteiger partial charge on any atom is 0.224 e. The van der Waals surface area contributed by atoms with Crippen LogP contribution in [0.2, 0.25) is 0 Å². The van der Waals surface area contributed by atoms with Crippen LogP contribution in [0.1, 0.15) is 25.3 Å². The second kappa shape index (κ2) is 6.94. The number of carbonyl (C=O) groups is 1. The molecule has 2 rings (SSSR count). The van der Waals surface area contributed by atoms with E-state index in [1.165, 1.54) is 6.33 Å². The molecule has 1 aromatic heterocycles. The number of carbonyl (C=O) groups excluding carboxylic acids is 1. The van der Waals surface area contributed by atoms with Gasteiger partial charge in [-0.1, -0.05) is 19.4 Å². The molecule has 0 saturated carbocycles. The van der Waals surface area contributed by atoms with Crippen molar-refractivity contribution >= 4 is 11.6 Å². The van der Waals surface area contributed by atoms with Gasteiger partial charge < -0.3 is 11.1 Å². The molecule has 1 heterocycles. The van der Waals surface area contributed by atoms with Crippen molar-refractivity contribution in [1.82, 2.24) is 20.2 Å². The Bertz CT molecular complexity index is 592. The fourth-order valence-corrected chi connectivity index (χ4v) is 2.07. The first-order valence-electron chi connectivity index (χ1n) is 6.98. The van der Waals surface area contributed by atoms with Gasteiger partial charge in [0.25, 0.3) is 0 Å². The molecule has 112 valence electrons. The molecule has 0 aliphatic carbocycles. The molecule has 1 amide bonds. The highest BCUT2D eigenvalue weighted by atomic mass is 16.1. The summed E-state index contributed by atoms with van der Waals surface area (Å²) < 4.78 is 1.57. The molecule has 0 fully saturated rings. The van der Waals surface area contributed by atoms with E-state index in [4.69, 9.17) is 5.73 Å². The second-order valence-corrected chi connectivity index (χ2v) is 5.02. The van der Waals surface area contributed by atoms with E-state index in [-0.39, 0.29) is 11.8 Å². The predicted octanol–water partition coefficient (Wildman–Crippen LogP) is 1.28. The number of tetrazole rings is 1. The normalized spacial score (nSPS) is 12.1. The lowest BCUT2D eigenvalue weighted by atomic mass is 10.0. The van der Waals surface area contributed by atoms with Crippen LogP contribution in [0.25, 0.3) is 5.69 Å². The van der Waals surface area contributed by atoms with Crippen molar-refractivity contribution in [1.29, 1.82) is 0 Å². The molecule has 0 bridgehead atoms. The minimum absolute atomic E-state index is 0.0289. The summed E-state index contributed by atoms with van der Waals surface area (Å²) in [7, 11) is 0. The monoisotopic (exact) mass is 288 g/mol. The minimum Gasteiger partial charge on any atom is -0.330 e. The summed E-state index contributed by atoms with van der Waals surface area (Å²) >= 11 is 0. The van der Waals surface area contributed by atoms with Gasteiger partial charge in [-0.05, 0) is 47.5 Å². The summed E-state index contributed by atoms with van der Waals surface area (Å²) in [4.78, 5) is 12.0. The Morgan fingerprint density at radius 2 is 2.29 bits per heavy atom. The van der Waals surface area contributed by atoms with Crippen molar-refractivity contribution in [3.05, 3.63) is 30.1 Å². The zero-order valence-electron chi connectivity index (χ0n) is 12.3. The van der Waals surface area contributed by atoms with E-state index in [1.807, 2.05) is 32.0 Å². The number of anilines is 1. The Labute approximate surface area is 123 Å². The van der Waals surface area contributed by atoms with Crippen molar-refractivity contribution in [2.75, 3.05) is 11.9 Å². The number of nitrogens with two attached hydrogens (primary N) is 1. The van der Waals surface area contributed by atoms with Crippen LogP contribution in [0.15, 0.2) is 24.5 Å². The predicted molar refractivity (Wildman–Crippen MR) is 80.0 cm³/mol. The van der Waals surface area contributed by atoms with E-state index in [2.05, 4.69) is 20.8 Å². The summed E-state index contributed by atoms with van der Waals surface area (Å²) in [6.07, 6.45) is 2.85. The van der Waals surface area contributed by atoms with Gasteiger partial charge in [0.15, 0.2) is 0 Å². The SMILES string of the molecule is CCC(CN)CC(=O)Nc1ccc(C)c(-n2cnnn2)c1. The van der Waals surface area contributed by atoms with Crippen LogP contribution in [0.5, 0.6) is 0 Å². The lowest BCUT2D eigenvalue weighted by molar-refractivity contribution is -0.117. The van der Waals surface area contributed by atoms with Gasteiger partial charge in [0.05, 0.1) is 5.69 Å². The van der Waals surface area contributed by atoms with E-state index in [0.29, 0.717) is 13.0 Å². The molecule has 21 heavy (non-hydrogen) atoms. The number of benzene rings is 1. The summed E-state index contributed by atoms with van der Waals surface area (Å²) in [5, 5.41) is 14.0. The van der Waals surface area contributed by atoms with Crippen LogP contribution in [0, 0.1) is 12.8 Å². The van der Waals surface area contributed by atoms with Crippen LogP contribution in [-0.4, -0.2) is 32.7 Å². The molecule has 0 aliphatic heterocycles. The minimum atomic E-state index is -0.0289. The van der Waals surface area contributed by atoms with Gasteiger partial charge in [0, 0.05) is 12.1 Å². The largest absolute Gasteiger partial charge is 0.330 e. The first-order chi connectivity index (χ1) is 10.1. The van der Waals surface area contributed by atoms with Crippen molar-refractivity contribution in [2.45, 2.75) is 26.7 Å². The van der Waals surface area contributed by atoms with Gasteiger partial charge in [0.2, 0.25) is 5.91 Å². The van der Waals surface area contributed by atoms with E-state index in [0.717, 1.165) is 23.4 Å². The van der Waals surface area contributed by atoms with Crippen molar-refractivity contribution in [3.63, 3.8) is 0 Å². The van der Waals surface area contributed by atoms with Gasteiger partial charge in [-0.25, -0.2) is 4.68 Å². The van der Waals surface area contributed by atoms with Crippen LogP contribution in [-0.2, 0) is 4.79 Å². The molecule has 1 unspecified atom stereocenters. The maximum atomic E-state index is 12.0. The van der Waals surface area contributed by atoms with Gasteiger partial charge in [-0.15, -0.1) is 5.10 Å². The molecule has 3 N–H and O–H groups in total. The maximum absolute atomic E-state index is 12.0. The highest BCUT2D eigenvalue weighted by molar-refractivity contribution is 5.91. The lowest BCUT2D eigenvalue weighted by Gasteiger charge is -2.13. The molecule has 0 saturated heterocycles. The van der Waals surface area contributed by atoms with E-state index >= 15 is 0 Å². The zero-order valence-corrected chi connectivity index (χ0v) is 12.3. The van der Waals surface area contributed by atoms with Gasteiger partial charge in [-0.2, -0.15) is 0 Å². The summed E-state index contributed by atoms with van der Waals surface area (Å²) in [6, 6.07) is 5.64. The zero-order chi connectivity index (χ0) is 15.2. The Hall–Kier alpha value is -2.28. The van der Waals surface area contributed by atoms with E-state index in [9.17, 15) is 4.79 Å². The van der Waals surface area contributed by atoms with Crippen molar-refractivity contribution in [3.8, 4) is 5.69 Å². The van der Waals surface area contributed by atoms with Gasteiger partial charge in [0.1, 0.15) is 6.33 Å². The average Bonchev–Trinajstić information content (AvgIpc) is 3.00. The third kappa shape index (κ3) is 3.85. The molecule has 2 aromatic rings. The molecule has 1 aromatic carbocycles. The van der Waals surface area contributed by atoms with Crippen LogP contribution >= 0.6 is 0 Å². The summed E-state index contributed by atoms with van der Waals surface area (Å²) in [5.74, 6) is 0.188. The third-order valence-electron chi connectivity index (χ3n) is 3.47. The van der Waals surface area contributed by atoms with Crippen LogP contribution in [0.4, 0.5) is 5.69 Å². The number of hydrogen-bond acceptors (Lipinski definition) is 5. The number of nitrogens with zero attached hydrogens (tertiary/aromatic N) is 4. The Morgan fingerprint density at radius 3 is 2.90 bits per heavy atom. The first kappa shape index (κ1) is 15.1. The smallest absolute Gasteiger partial charge is 0.224 e. The van der Waals surface area contributed by atoms with Crippen LogP contribution in [0.3, 0.4) is 0 Å². The third-order valence-corrected chi connectivity index (χ3v) is 3.47. The fraction of sp³-hybridized carbons (Fsp3) is 0.429. The Balaban J connectivity index is 2.11. The van der Waals surface area contributed by atoms with E-state index < -0.39 is 0 Å². The molecule has 7 heteroatoms. The molecule has 0 radical (unpaired) electrons. The molecule has 7 nitrogen and oxygen atoms in total. The molecular formula is C14H20N6O. The standard InChI is InChI=1S/C14H20N6O/c1-3-11(8-15)6-14(21)17-12-5-4-10(2)13(7-12)20-9-16-18-19-20/h4-5,7,9,11H,3,6,8,15H2,1-2H3,(H,17,21). The van der Waals surface area contributed by atoms with Crippen LogP contribution < -0.4 is 11.1 Å². The quantitative estimate of drug-likeness (QED) is 0.834. The van der Waals surface area contributed by atoms with Gasteiger partial charge >= 0.3 is 0 Å². The molecular weight excluding hydrogens is 268 g/mol. The second-order valence-electron chi connectivity index (χ2n) is 5.02. The number of aryl methyl sites for hydroxylation is 1. The topological polar surface area (TPSA) is 98.7 Å². The Kier molecular flexibility index (Phi) is 4.99. The number of amides is 1. The average molecular weight is 288 g/mol.